The molecular weight excluding hydrogens is 689 g/mol. The second-order valence-electron chi connectivity index (χ2n) is 14.8. The van der Waals surface area contributed by atoms with Gasteiger partial charge in [-0.3, -0.25) is 9.05 Å². The molecule has 1 saturated heterocycles. The number of nitrogens with zero attached hydrogens (tertiary/aromatic N) is 4. The van der Waals surface area contributed by atoms with Crippen LogP contribution in [0.4, 0.5) is 5.82 Å². The summed E-state index contributed by atoms with van der Waals surface area (Å²) < 4.78 is 37.7. The van der Waals surface area contributed by atoms with Crippen molar-refractivity contribution in [2.45, 2.75) is 147 Å². The van der Waals surface area contributed by atoms with Gasteiger partial charge in [0.15, 0.2) is 11.4 Å². The maximum atomic E-state index is 13.0. The molecule has 53 heavy (non-hydrogen) atoms. The number of rotatable bonds is 29. The zero-order valence-electron chi connectivity index (χ0n) is 32.0. The van der Waals surface area contributed by atoms with Crippen LogP contribution in [0.2, 0.25) is 0 Å². The van der Waals surface area contributed by atoms with E-state index < -0.39 is 26.1 Å². The SMILES string of the molecule is CCCCCCCCCCCCCCCCCCOC[C@@H](CCc1ccccc1)COP(=O)(O)OC[C@]1(C#N)CC[C@H](c2ccc3c(N)ncnn23)O1. The Labute approximate surface area is 317 Å². The minimum Gasteiger partial charge on any atom is -0.382 e. The fraction of sp³-hybridized carbons (Fsp3) is 0.683. The molecule has 0 amide bonds. The molecule has 1 unspecified atom stereocenters. The molecule has 4 atom stereocenters. The molecule has 12 heteroatoms. The van der Waals surface area contributed by atoms with Gasteiger partial charge < -0.3 is 20.1 Å². The van der Waals surface area contributed by atoms with E-state index in [0.29, 0.717) is 37.4 Å². The van der Waals surface area contributed by atoms with Crippen LogP contribution in [0, 0.1) is 17.2 Å². The van der Waals surface area contributed by atoms with E-state index in [-0.39, 0.29) is 12.5 Å². The van der Waals surface area contributed by atoms with Gasteiger partial charge in [0, 0.05) is 12.5 Å². The van der Waals surface area contributed by atoms with Gasteiger partial charge in [-0.15, -0.1) is 0 Å². The van der Waals surface area contributed by atoms with Crippen LogP contribution in [0.5, 0.6) is 0 Å². The Bertz CT molecular complexity index is 1530. The number of hydrogen-bond acceptors (Lipinski definition) is 9. The van der Waals surface area contributed by atoms with Crippen LogP contribution in [0.25, 0.3) is 5.52 Å². The highest BCUT2D eigenvalue weighted by atomic mass is 31.2. The zero-order chi connectivity index (χ0) is 37.6. The van der Waals surface area contributed by atoms with Gasteiger partial charge in [-0.05, 0) is 49.8 Å². The number of aromatic nitrogens is 3. The largest absolute Gasteiger partial charge is 0.472 e. The highest BCUT2D eigenvalue weighted by Crippen LogP contribution is 2.47. The number of unbranched alkanes of at least 4 members (excludes halogenated alkanes) is 15. The molecule has 0 saturated carbocycles. The van der Waals surface area contributed by atoms with Gasteiger partial charge in [0.05, 0.1) is 18.9 Å². The molecule has 0 spiro atoms. The Morgan fingerprint density at radius 2 is 1.58 bits per heavy atom. The molecule has 294 valence electrons. The third-order valence-corrected chi connectivity index (χ3v) is 11.3. The summed E-state index contributed by atoms with van der Waals surface area (Å²) in [5.74, 6) is 0.236. The van der Waals surface area contributed by atoms with Gasteiger partial charge >= 0.3 is 7.82 Å². The van der Waals surface area contributed by atoms with Crippen LogP contribution >= 0.6 is 7.82 Å². The average molecular weight is 754 g/mol. The summed E-state index contributed by atoms with van der Waals surface area (Å²) in [6.45, 7) is 2.96. The third-order valence-electron chi connectivity index (χ3n) is 10.3. The fourth-order valence-corrected chi connectivity index (χ4v) is 7.90. The summed E-state index contributed by atoms with van der Waals surface area (Å²) in [6.07, 6.45) is 24.5. The standard InChI is InChI=1S/C41H64N5O6P/c1-2-3-4-5-6-7-8-9-10-11-12-13-14-15-16-20-29-49-30-36(24-23-35-21-18-17-19-22-35)31-50-53(47,48)51-33-41(32-42)28-27-39(52-41)37-25-26-38-40(43)44-34-45-46(37)38/h17-19,21-22,25-26,34,36,39H,2-16,20,23-24,27-31,33H2,1H3,(H,47,48)(H2,43,44,45)/t36-,39-,41-/m1/s1. The molecule has 1 fully saturated rings. The first-order valence-corrected chi connectivity index (χ1v) is 21.7. The highest BCUT2D eigenvalue weighted by Gasteiger charge is 2.44. The molecule has 3 N–H and O–H groups in total. The van der Waals surface area contributed by atoms with E-state index >= 15 is 0 Å². The number of benzene rings is 1. The predicted octanol–water partition coefficient (Wildman–Crippen LogP) is 10.1. The predicted molar refractivity (Wildman–Crippen MR) is 209 cm³/mol. The Balaban J connectivity index is 1.12. The van der Waals surface area contributed by atoms with E-state index in [2.05, 4.69) is 35.2 Å². The Hall–Kier alpha value is -2.84. The number of phosphoric ester groups is 1. The molecule has 0 bridgehead atoms. The van der Waals surface area contributed by atoms with E-state index in [1.54, 1.807) is 10.6 Å². The van der Waals surface area contributed by atoms with E-state index in [9.17, 15) is 14.7 Å². The quantitative estimate of drug-likeness (QED) is 0.0517. The number of phosphoric acid groups is 1. The van der Waals surface area contributed by atoms with Crippen molar-refractivity contribution in [2.75, 3.05) is 32.2 Å². The molecular formula is C41H64N5O6P. The van der Waals surface area contributed by atoms with Crippen molar-refractivity contribution in [3.05, 3.63) is 60.0 Å². The maximum Gasteiger partial charge on any atom is 0.472 e. The zero-order valence-corrected chi connectivity index (χ0v) is 32.9. The molecule has 1 aliphatic heterocycles. The van der Waals surface area contributed by atoms with E-state index in [4.69, 9.17) is 24.3 Å². The van der Waals surface area contributed by atoms with Crippen molar-refractivity contribution in [1.29, 1.82) is 5.26 Å². The lowest BCUT2D eigenvalue weighted by molar-refractivity contribution is -0.0409. The van der Waals surface area contributed by atoms with Crippen LogP contribution < -0.4 is 5.73 Å². The number of anilines is 1. The second kappa shape index (κ2) is 23.8. The minimum atomic E-state index is -4.48. The molecule has 3 aromatic rings. The van der Waals surface area contributed by atoms with Crippen molar-refractivity contribution in [3.63, 3.8) is 0 Å². The molecule has 4 rings (SSSR count). The van der Waals surface area contributed by atoms with Gasteiger partial charge in [-0.2, -0.15) is 10.4 Å². The van der Waals surface area contributed by atoms with Crippen LogP contribution in [-0.2, 0) is 29.5 Å². The van der Waals surface area contributed by atoms with Gasteiger partial charge in [-0.1, -0.05) is 134 Å². The molecule has 3 heterocycles. The van der Waals surface area contributed by atoms with Crippen molar-refractivity contribution in [1.82, 2.24) is 14.6 Å². The minimum absolute atomic E-state index is 0.000122. The van der Waals surface area contributed by atoms with Crippen LogP contribution in [0.3, 0.4) is 0 Å². The van der Waals surface area contributed by atoms with Gasteiger partial charge in [0.1, 0.15) is 30.6 Å². The monoisotopic (exact) mass is 753 g/mol. The maximum absolute atomic E-state index is 13.0. The van der Waals surface area contributed by atoms with E-state index in [0.717, 1.165) is 31.4 Å². The summed E-state index contributed by atoms with van der Waals surface area (Å²) in [7, 11) is -4.48. The molecule has 2 aromatic heterocycles. The van der Waals surface area contributed by atoms with Crippen molar-refractivity contribution >= 4 is 19.2 Å². The molecule has 1 aliphatic rings. The number of nitriles is 1. The topological polar surface area (TPSA) is 154 Å². The number of ether oxygens (including phenoxy) is 2. The second-order valence-corrected chi connectivity index (χ2v) is 16.2. The lowest BCUT2D eigenvalue weighted by Crippen LogP contribution is -2.32. The summed E-state index contributed by atoms with van der Waals surface area (Å²) in [4.78, 5) is 14.7. The van der Waals surface area contributed by atoms with Crippen LogP contribution in [0.1, 0.15) is 146 Å². The first-order chi connectivity index (χ1) is 25.8. The summed E-state index contributed by atoms with van der Waals surface area (Å²) >= 11 is 0. The highest BCUT2D eigenvalue weighted by molar-refractivity contribution is 7.47. The fourth-order valence-electron chi connectivity index (χ4n) is 7.06. The number of aryl methyl sites for hydroxylation is 1. The Morgan fingerprint density at radius 3 is 2.23 bits per heavy atom. The summed E-state index contributed by atoms with van der Waals surface area (Å²) in [6, 6.07) is 15.9. The smallest absolute Gasteiger partial charge is 0.382 e. The van der Waals surface area contributed by atoms with Crippen LogP contribution in [0.15, 0.2) is 48.8 Å². The van der Waals surface area contributed by atoms with Crippen molar-refractivity contribution in [2.24, 2.45) is 5.92 Å². The summed E-state index contributed by atoms with van der Waals surface area (Å²) in [5, 5.41) is 14.3. The molecule has 11 nitrogen and oxygen atoms in total. The number of nitrogens with two attached hydrogens (primary N) is 1. The third kappa shape index (κ3) is 15.4. The Kier molecular flexibility index (Phi) is 19.3. The van der Waals surface area contributed by atoms with Gasteiger partial charge in [0.2, 0.25) is 0 Å². The van der Waals surface area contributed by atoms with Crippen molar-refractivity contribution in [3.8, 4) is 6.07 Å². The first kappa shape index (κ1) is 42.9. The number of nitrogen functional groups attached to an aromatic ring is 1. The lowest BCUT2D eigenvalue weighted by Gasteiger charge is -2.24. The molecule has 1 aromatic carbocycles. The Morgan fingerprint density at radius 1 is 0.943 bits per heavy atom. The normalized spacial score (nSPS) is 19.0. The lowest BCUT2D eigenvalue weighted by atomic mass is 10.0. The summed E-state index contributed by atoms with van der Waals surface area (Å²) in [5.41, 5.74) is 7.11. The number of hydrogen-bond donors (Lipinski definition) is 2. The molecule has 0 aliphatic carbocycles. The first-order valence-electron chi connectivity index (χ1n) is 20.3. The van der Waals surface area contributed by atoms with E-state index in [1.165, 1.54) is 102 Å². The van der Waals surface area contributed by atoms with Crippen LogP contribution in [-0.4, -0.2) is 51.5 Å². The van der Waals surface area contributed by atoms with Crippen molar-refractivity contribution < 1.29 is 28.0 Å². The van der Waals surface area contributed by atoms with Gasteiger partial charge in [-0.25, -0.2) is 14.1 Å². The average Bonchev–Trinajstić information content (AvgIpc) is 3.81. The van der Waals surface area contributed by atoms with Gasteiger partial charge in [0.25, 0.3) is 0 Å². The number of fused-ring (bicyclic) bond motifs is 1. The molecule has 0 radical (unpaired) electrons. The van der Waals surface area contributed by atoms with E-state index in [1.807, 2.05) is 24.3 Å².